The van der Waals surface area contributed by atoms with Crippen LogP contribution in [0.5, 0.6) is 0 Å². The summed E-state index contributed by atoms with van der Waals surface area (Å²) in [5, 5.41) is 10.4. The van der Waals surface area contributed by atoms with E-state index in [1.54, 1.807) is 0 Å². The number of nitrogens with zero attached hydrogens (tertiary/aromatic N) is 1. The van der Waals surface area contributed by atoms with E-state index >= 15 is 0 Å². The van der Waals surface area contributed by atoms with Crippen LogP contribution in [0.1, 0.15) is 13.8 Å². The normalized spacial score (nSPS) is 19.1. The van der Waals surface area contributed by atoms with Crippen LogP contribution in [0.25, 0.3) is 0 Å². The van der Waals surface area contributed by atoms with Crippen LogP contribution >= 0.6 is 27.5 Å². The maximum atomic E-state index is 12.5. The molecule has 0 unspecified atom stereocenters. The Morgan fingerprint density at radius 2 is 2.00 bits per heavy atom. The first kappa shape index (κ1) is 16.0. The van der Waals surface area contributed by atoms with E-state index in [1.807, 2.05) is 13.8 Å². The van der Waals surface area contributed by atoms with E-state index in [-0.39, 0.29) is 34.6 Å². The van der Waals surface area contributed by atoms with E-state index in [1.165, 1.54) is 16.4 Å². The van der Waals surface area contributed by atoms with Gasteiger partial charge in [-0.25, -0.2) is 8.42 Å². The van der Waals surface area contributed by atoms with Crippen LogP contribution in [0.3, 0.4) is 0 Å². The van der Waals surface area contributed by atoms with Gasteiger partial charge in [-0.15, -0.1) is 0 Å². The average Bonchev–Trinajstić information content (AvgIpc) is 2.29. The molecule has 112 valence electrons. The highest BCUT2D eigenvalue weighted by atomic mass is 79.9. The van der Waals surface area contributed by atoms with Crippen molar-refractivity contribution in [3.8, 4) is 0 Å². The van der Waals surface area contributed by atoms with Crippen molar-refractivity contribution in [1.29, 1.82) is 0 Å². The standard InChI is InChI=1S/C12H16BrClN2O3S/c1-7(2)12(17)5-16(6-12)20(18,19)10-4-8(14)3-9(15)11(10)13/h3-4,7,17H,5-6,15H2,1-2H3. The van der Waals surface area contributed by atoms with Crippen LogP contribution in [0.15, 0.2) is 21.5 Å². The van der Waals surface area contributed by atoms with Crippen molar-refractivity contribution in [2.45, 2.75) is 24.3 Å². The van der Waals surface area contributed by atoms with Gasteiger partial charge in [0.15, 0.2) is 0 Å². The number of anilines is 1. The van der Waals surface area contributed by atoms with Gasteiger partial charge in [0.05, 0.1) is 15.0 Å². The Morgan fingerprint density at radius 1 is 1.45 bits per heavy atom. The van der Waals surface area contributed by atoms with E-state index in [9.17, 15) is 13.5 Å². The third-order valence-electron chi connectivity index (χ3n) is 3.62. The molecule has 3 N–H and O–H groups in total. The van der Waals surface area contributed by atoms with Crippen LogP contribution in [0, 0.1) is 5.92 Å². The number of sulfonamides is 1. The second-order valence-electron chi connectivity index (χ2n) is 5.34. The SMILES string of the molecule is CC(C)C1(O)CN(S(=O)(=O)c2cc(Cl)cc(N)c2Br)C1. The smallest absolute Gasteiger partial charge is 0.244 e. The number of nitrogens with two attached hydrogens (primary N) is 1. The molecule has 2 rings (SSSR count). The van der Waals surface area contributed by atoms with Crippen LogP contribution in [0.2, 0.25) is 5.02 Å². The fourth-order valence-electron chi connectivity index (χ4n) is 2.01. The minimum absolute atomic E-state index is 0.0122. The Labute approximate surface area is 131 Å². The highest BCUT2D eigenvalue weighted by Crippen LogP contribution is 2.38. The summed E-state index contributed by atoms with van der Waals surface area (Å²) in [6, 6.07) is 2.83. The second kappa shape index (κ2) is 5.14. The Kier molecular flexibility index (Phi) is 4.12. The van der Waals surface area contributed by atoms with Crippen molar-refractivity contribution in [1.82, 2.24) is 4.31 Å². The van der Waals surface area contributed by atoms with Gasteiger partial charge in [0, 0.05) is 23.8 Å². The summed E-state index contributed by atoms with van der Waals surface area (Å²) >= 11 is 9.04. The molecule has 0 radical (unpaired) electrons. The number of halogens is 2. The third kappa shape index (κ3) is 2.57. The van der Waals surface area contributed by atoms with E-state index in [0.29, 0.717) is 4.47 Å². The Morgan fingerprint density at radius 3 is 2.50 bits per heavy atom. The topological polar surface area (TPSA) is 83.6 Å². The molecule has 1 heterocycles. The van der Waals surface area contributed by atoms with Gasteiger partial charge >= 0.3 is 0 Å². The van der Waals surface area contributed by atoms with Gasteiger partial charge in [0.2, 0.25) is 10.0 Å². The van der Waals surface area contributed by atoms with Crippen molar-refractivity contribution in [3.63, 3.8) is 0 Å². The molecule has 1 saturated heterocycles. The number of rotatable bonds is 3. The number of hydrogen-bond acceptors (Lipinski definition) is 4. The summed E-state index contributed by atoms with van der Waals surface area (Å²) < 4.78 is 26.6. The lowest BCUT2D eigenvalue weighted by molar-refractivity contribution is -0.0932. The zero-order valence-electron chi connectivity index (χ0n) is 11.1. The number of hydrogen-bond donors (Lipinski definition) is 2. The molecule has 20 heavy (non-hydrogen) atoms. The Bertz CT molecular complexity index is 642. The van der Waals surface area contributed by atoms with E-state index in [4.69, 9.17) is 17.3 Å². The minimum atomic E-state index is -3.72. The highest BCUT2D eigenvalue weighted by Gasteiger charge is 2.49. The average molecular weight is 384 g/mol. The first-order valence-electron chi connectivity index (χ1n) is 6.05. The van der Waals surface area contributed by atoms with Gasteiger partial charge in [-0.1, -0.05) is 25.4 Å². The molecule has 0 spiro atoms. The van der Waals surface area contributed by atoms with Crippen LogP contribution in [-0.4, -0.2) is 36.5 Å². The molecule has 0 amide bonds. The molecule has 1 aliphatic heterocycles. The van der Waals surface area contributed by atoms with Crippen LogP contribution in [0.4, 0.5) is 5.69 Å². The van der Waals surface area contributed by atoms with Crippen LogP contribution < -0.4 is 5.73 Å². The summed E-state index contributed by atoms with van der Waals surface area (Å²) in [5.41, 5.74) is 5.01. The maximum Gasteiger partial charge on any atom is 0.244 e. The molecule has 0 atom stereocenters. The van der Waals surface area contributed by atoms with Gasteiger partial charge in [-0.05, 0) is 34.0 Å². The summed E-state index contributed by atoms with van der Waals surface area (Å²) in [6.45, 7) is 3.87. The molecule has 1 aromatic rings. The largest absolute Gasteiger partial charge is 0.398 e. The van der Waals surface area contributed by atoms with Crippen molar-refractivity contribution in [2.75, 3.05) is 18.8 Å². The second-order valence-corrected chi connectivity index (χ2v) is 8.47. The fraction of sp³-hybridized carbons (Fsp3) is 0.500. The Hall–Kier alpha value is -0.340. The zero-order valence-corrected chi connectivity index (χ0v) is 14.3. The van der Waals surface area contributed by atoms with Gasteiger partial charge in [0.1, 0.15) is 0 Å². The van der Waals surface area contributed by atoms with E-state index in [0.717, 1.165) is 0 Å². The number of nitrogen functional groups attached to an aromatic ring is 1. The molecular weight excluding hydrogens is 368 g/mol. The lowest BCUT2D eigenvalue weighted by Gasteiger charge is -2.47. The molecule has 8 heteroatoms. The molecule has 0 aromatic heterocycles. The molecule has 0 saturated carbocycles. The first-order valence-corrected chi connectivity index (χ1v) is 8.66. The van der Waals surface area contributed by atoms with Crippen molar-refractivity contribution < 1.29 is 13.5 Å². The van der Waals surface area contributed by atoms with Crippen LogP contribution in [-0.2, 0) is 10.0 Å². The Balaban J connectivity index is 2.35. The summed E-state index contributed by atoms with van der Waals surface area (Å²) in [7, 11) is -3.72. The predicted molar refractivity (Wildman–Crippen MR) is 82.1 cm³/mol. The highest BCUT2D eigenvalue weighted by molar-refractivity contribution is 9.10. The van der Waals surface area contributed by atoms with Crippen molar-refractivity contribution in [2.24, 2.45) is 5.92 Å². The number of β-amino-alcohol motifs (C(OH)–C–C–N with tert-alkyl or cyclic N) is 1. The molecule has 0 aliphatic carbocycles. The van der Waals surface area contributed by atoms with Gasteiger partial charge in [0.25, 0.3) is 0 Å². The summed E-state index contributed by atoms with van der Waals surface area (Å²) in [5.74, 6) is -0.0122. The molecule has 5 nitrogen and oxygen atoms in total. The third-order valence-corrected chi connectivity index (χ3v) is 6.81. The summed E-state index contributed by atoms with van der Waals surface area (Å²) in [4.78, 5) is 0.0216. The summed E-state index contributed by atoms with van der Waals surface area (Å²) in [6.07, 6.45) is 0. The predicted octanol–water partition coefficient (Wildman–Crippen LogP) is 2.08. The first-order chi connectivity index (χ1) is 9.08. The van der Waals surface area contributed by atoms with Crippen molar-refractivity contribution in [3.05, 3.63) is 21.6 Å². The van der Waals surface area contributed by atoms with E-state index in [2.05, 4.69) is 15.9 Å². The quantitative estimate of drug-likeness (QED) is 0.783. The molecule has 1 aromatic carbocycles. The number of benzene rings is 1. The minimum Gasteiger partial charge on any atom is -0.398 e. The van der Waals surface area contributed by atoms with Crippen molar-refractivity contribution >= 4 is 43.2 Å². The molecule has 1 fully saturated rings. The van der Waals surface area contributed by atoms with Gasteiger partial charge in [-0.2, -0.15) is 4.31 Å². The number of aliphatic hydroxyl groups is 1. The maximum absolute atomic E-state index is 12.5. The molecule has 1 aliphatic rings. The molecule has 0 bridgehead atoms. The molecular formula is C12H16BrClN2O3S. The zero-order chi connectivity index (χ0) is 15.3. The lowest BCUT2D eigenvalue weighted by Crippen LogP contribution is -2.65. The fourth-order valence-corrected chi connectivity index (χ4v) is 4.83. The van der Waals surface area contributed by atoms with Gasteiger partial charge < -0.3 is 10.8 Å². The van der Waals surface area contributed by atoms with E-state index < -0.39 is 15.6 Å². The monoisotopic (exact) mass is 382 g/mol. The lowest BCUT2D eigenvalue weighted by atomic mass is 9.85. The van der Waals surface area contributed by atoms with Gasteiger partial charge in [-0.3, -0.25) is 0 Å².